The molecule has 0 N–H and O–H groups in total. The van der Waals surface area contributed by atoms with Crippen LogP contribution in [0.5, 0.6) is 0 Å². The average molecular weight is 313 g/mol. The van der Waals surface area contributed by atoms with Crippen molar-refractivity contribution in [3.05, 3.63) is 30.3 Å². The molecule has 2 heterocycles. The van der Waals surface area contributed by atoms with E-state index in [-0.39, 0.29) is 17.4 Å². The Balaban J connectivity index is 1.56. The van der Waals surface area contributed by atoms with Crippen molar-refractivity contribution in [1.29, 1.82) is 0 Å². The molecule has 23 heavy (non-hydrogen) atoms. The highest BCUT2D eigenvalue weighted by atomic mass is 16.2. The molecule has 3 aliphatic rings. The molecule has 1 saturated carbocycles. The summed E-state index contributed by atoms with van der Waals surface area (Å²) in [5, 5.41) is 0. The third-order valence-corrected chi connectivity index (χ3v) is 5.57. The van der Waals surface area contributed by atoms with Gasteiger partial charge in [-0.2, -0.15) is 0 Å². The zero-order valence-corrected chi connectivity index (χ0v) is 13.6. The zero-order chi connectivity index (χ0) is 16.0. The Morgan fingerprint density at radius 3 is 2.61 bits per heavy atom. The van der Waals surface area contributed by atoms with Crippen molar-refractivity contribution in [2.45, 2.75) is 24.8 Å². The van der Waals surface area contributed by atoms with Crippen molar-refractivity contribution in [1.82, 2.24) is 9.80 Å². The predicted molar refractivity (Wildman–Crippen MR) is 88.1 cm³/mol. The van der Waals surface area contributed by atoms with E-state index in [2.05, 4.69) is 4.90 Å². The van der Waals surface area contributed by atoms with E-state index < -0.39 is 0 Å². The number of anilines is 1. The molecule has 1 atom stereocenters. The Kier molecular flexibility index (Phi) is 3.41. The smallest absolute Gasteiger partial charge is 0.241 e. The molecule has 3 fully saturated rings. The Hall–Kier alpha value is -1.88. The molecule has 1 aliphatic carbocycles. The van der Waals surface area contributed by atoms with Crippen LogP contribution in [0.3, 0.4) is 0 Å². The van der Waals surface area contributed by atoms with Gasteiger partial charge >= 0.3 is 0 Å². The van der Waals surface area contributed by atoms with E-state index in [1.54, 1.807) is 0 Å². The molecule has 1 aromatic carbocycles. The van der Waals surface area contributed by atoms with Crippen LogP contribution < -0.4 is 4.90 Å². The minimum Gasteiger partial charge on any atom is -0.340 e. The second-order valence-electron chi connectivity index (χ2n) is 7.18. The number of hydrogen-bond acceptors (Lipinski definition) is 3. The molecule has 4 rings (SSSR count). The molecule has 1 spiro atoms. The molecule has 2 aliphatic heterocycles. The summed E-state index contributed by atoms with van der Waals surface area (Å²) in [6.07, 6.45) is 3.04. The Morgan fingerprint density at radius 2 is 1.91 bits per heavy atom. The van der Waals surface area contributed by atoms with Gasteiger partial charge in [0.2, 0.25) is 11.8 Å². The summed E-state index contributed by atoms with van der Waals surface area (Å²) in [6, 6.07) is 9.86. The first kappa shape index (κ1) is 14.7. The largest absolute Gasteiger partial charge is 0.340 e. The van der Waals surface area contributed by atoms with E-state index in [0.717, 1.165) is 38.0 Å². The molecule has 0 radical (unpaired) electrons. The SMILES string of the molecule is CN1CC(=O)N(c2ccccc2)CC12CCN(C(=O)C1CC1)C2. The quantitative estimate of drug-likeness (QED) is 0.828. The van der Waals surface area contributed by atoms with Crippen molar-refractivity contribution in [3.8, 4) is 0 Å². The van der Waals surface area contributed by atoms with Crippen LogP contribution in [-0.2, 0) is 9.59 Å². The van der Waals surface area contributed by atoms with Gasteiger partial charge in [0.15, 0.2) is 0 Å². The number of hydrogen-bond donors (Lipinski definition) is 0. The first-order valence-corrected chi connectivity index (χ1v) is 8.44. The standard InChI is InChI=1S/C18H23N3O2/c1-19-11-16(22)21(15-5-3-2-4-6-15)13-18(19)9-10-20(12-18)17(23)14-7-8-14/h2-6,14H,7-13H2,1H3. The van der Waals surface area contributed by atoms with Gasteiger partial charge in [0.25, 0.3) is 0 Å². The minimum atomic E-state index is -0.103. The van der Waals surface area contributed by atoms with Gasteiger partial charge in [0.1, 0.15) is 0 Å². The summed E-state index contributed by atoms with van der Waals surface area (Å²) in [6.45, 7) is 2.65. The van der Waals surface area contributed by atoms with Crippen LogP contribution in [-0.4, -0.2) is 60.4 Å². The van der Waals surface area contributed by atoms with Gasteiger partial charge in [-0.05, 0) is 38.4 Å². The number of amides is 2. The third-order valence-electron chi connectivity index (χ3n) is 5.57. The second-order valence-corrected chi connectivity index (χ2v) is 7.18. The Bertz CT molecular complexity index is 628. The van der Waals surface area contributed by atoms with E-state index in [4.69, 9.17) is 0 Å². The number of benzene rings is 1. The Labute approximate surface area is 136 Å². The molecule has 122 valence electrons. The maximum atomic E-state index is 12.5. The fraction of sp³-hybridized carbons (Fsp3) is 0.556. The number of para-hydroxylation sites is 1. The molecule has 2 saturated heterocycles. The van der Waals surface area contributed by atoms with Crippen LogP contribution in [0.4, 0.5) is 5.69 Å². The number of likely N-dealkylation sites (N-methyl/N-ethyl adjacent to an activating group) is 1. The average Bonchev–Trinajstić information content (AvgIpc) is 3.32. The van der Waals surface area contributed by atoms with Crippen LogP contribution >= 0.6 is 0 Å². The summed E-state index contributed by atoms with van der Waals surface area (Å²) < 4.78 is 0. The van der Waals surface area contributed by atoms with Crippen LogP contribution in [0.25, 0.3) is 0 Å². The first-order valence-electron chi connectivity index (χ1n) is 8.44. The zero-order valence-electron chi connectivity index (χ0n) is 13.6. The Morgan fingerprint density at radius 1 is 1.17 bits per heavy atom. The van der Waals surface area contributed by atoms with Crippen molar-refractivity contribution in [2.75, 3.05) is 38.1 Å². The van der Waals surface area contributed by atoms with Gasteiger partial charge in [0, 0.05) is 31.2 Å². The van der Waals surface area contributed by atoms with Crippen LogP contribution in [0.15, 0.2) is 30.3 Å². The highest BCUT2D eigenvalue weighted by molar-refractivity contribution is 5.96. The van der Waals surface area contributed by atoms with Gasteiger partial charge in [-0.1, -0.05) is 18.2 Å². The van der Waals surface area contributed by atoms with Gasteiger partial charge < -0.3 is 9.80 Å². The summed E-state index contributed by atoms with van der Waals surface area (Å²) in [5.41, 5.74) is 0.853. The van der Waals surface area contributed by atoms with E-state index in [1.165, 1.54) is 0 Å². The van der Waals surface area contributed by atoms with Gasteiger partial charge in [0.05, 0.1) is 12.1 Å². The summed E-state index contributed by atoms with van der Waals surface area (Å²) in [4.78, 5) is 30.9. The summed E-state index contributed by atoms with van der Waals surface area (Å²) in [7, 11) is 2.02. The summed E-state index contributed by atoms with van der Waals surface area (Å²) in [5.74, 6) is 0.723. The lowest BCUT2D eigenvalue weighted by Gasteiger charge is -2.46. The molecule has 2 amide bonds. The monoisotopic (exact) mass is 313 g/mol. The van der Waals surface area contributed by atoms with Crippen LogP contribution in [0.1, 0.15) is 19.3 Å². The fourth-order valence-electron chi connectivity index (χ4n) is 3.88. The lowest BCUT2D eigenvalue weighted by Crippen LogP contribution is -2.64. The van der Waals surface area contributed by atoms with Crippen LogP contribution in [0.2, 0.25) is 0 Å². The lowest BCUT2D eigenvalue weighted by molar-refractivity contribution is -0.132. The number of carbonyl (C=O) groups is 2. The van der Waals surface area contributed by atoms with E-state index in [9.17, 15) is 9.59 Å². The topological polar surface area (TPSA) is 43.9 Å². The minimum absolute atomic E-state index is 0.103. The molecule has 0 aromatic heterocycles. The lowest BCUT2D eigenvalue weighted by atomic mass is 9.92. The van der Waals surface area contributed by atoms with Crippen LogP contribution in [0, 0.1) is 5.92 Å². The van der Waals surface area contributed by atoms with Gasteiger partial charge in [-0.15, -0.1) is 0 Å². The van der Waals surface area contributed by atoms with Crippen molar-refractivity contribution >= 4 is 17.5 Å². The predicted octanol–water partition coefficient (Wildman–Crippen LogP) is 1.35. The molecule has 1 aromatic rings. The first-order chi connectivity index (χ1) is 11.1. The molecule has 5 heteroatoms. The molecular formula is C18H23N3O2. The number of piperazine rings is 1. The van der Waals surface area contributed by atoms with Crippen molar-refractivity contribution in [2.24, 2.45) is 5.92 Å². The van der Waals surface area contributed by atoms with E-state index in [0.29, 0.717) is 19.0 Å². The number of nitrogens with zero attached hydrogens (tertiary/aromatic N) is 3. The van der Waals surface area contributed by atoms with Crippen molar-refractivity contribution < 1.29 is 9.59 Å². The summed E-state index contributed by atoms with van der Waals surface area (Å²) >= 11 is 0. The van der Waals surface area contributed by atoms with Gasteiger partial charge in [-0.25, -0.2) is 0 Å². The third kappa shape index (κ3) is 2.53. The molecule has 5 nitrogen and oxygen atoms in total. The number of rotatable bonds is 2. The molecule has 1 unspecified atom stereocenters. The maximum Gasteiger partial charge on any atom is 0.241 e. The van der Waals surface area contributed by atoms with E-state index in [1.807, 2.05) is 47.2 Å². The fourth-order valence-corrected chi connectivity index (χ4v) is 3.88. The maximum absolute atomic E-state index is 12.5. The number of likely N-dealkylation sites (tertiary alicyclic amines) is 1. The number of carbonyl (C=O) groups excluding carboxylic acids is 2. The molecular weight excluding hydrogens is 290 g/mol. The van der Waals surface area contributed by atoms with Gasteiger partial charge in [-0.3, -0.25) is 14.5 Å². The normalized spacial score (nSPS) is 28.7. The second kappa shape index (κ2) is 5.34. The van der Waals surface area contributed by atoms with E-state index >= 15 is 0 Å². The molecule has 0 bridgehead atoms. The van der Waals surface area contributed by atoms with Crippen molar-refractivity contribution in [3.63, 3.8) is 0 Å². The highest BCUT2D eigenvalue weighted by Gasteiger charge is 2.50. The highest BCUT2D eigenvalue weighted by Crippen LogP contribution is 2.37.